The Morgan fingerprint density at radius 1 is 1.03 bits per heavy atom. The van der Waals surface area contributed by atoms with Gasteiger partial charge in [-0.05, 0) is 46.7 Å². The van der Waals surface area contributed by atoms with Gasteiger partial charge in [0.2, 0.25) is 0 Å². The van der Waals surface area contributed by atoms with Crippen LogP contribution in [0, 0.1) is 28.6 Å². The van der Waals surface area contributed by atoms with E-state index in [1.165, 1.54) is 0 Å². The molecule has 3 atom stereocenters. The van der Waals surface area contributed by atoms with E-state index >= 15 is 0 Å². The van der Waals surface area contributed by atoms with Crippen LogP contribution in [0.1, 0.15) is 37.3 Å². The standard InChI is InChI=1S/C31H28ClF3N2O2/c1-30(2)26(18-28(32)31(33,34)35)29(30)27(37-38-20-21-10-5-3-6-11-21)17-23(19-36)22-12-9-15-25(16-22)39-24-13-7-4-8-14-24/h3-16,18,23,26,29H,17,20H2,1-2H3. The minimum atomic E-state index is -4.62. The first-order valence-electron chi connectivity index (χ1n) is 12.5. The van der Waals surface area contributed by atoms with Crippen molar-refractivity contribution < 1.29 is 22.7 Å². The molecule has 0 N–H and O–H groups in total. The van der Waals surface area contributed by atoms with E-state index in [1.54, 1.807) is 18.2 Å². The summed E-state index contributed by atoms with van der Waals surface area (Å²) >= 11 is 5.59. The fourth-order valence-electron chi connectivity index (χ4n) is 4.73. The summed E-state index contributed by atoms with van der Waals surface area (Å²) in [6, 6.07) is 28.2. The van der Waals surface area contributed by atoms with Gasteiger partial charge in [0.1, 0.15) is 23.1 Å². The molecule has 4 nitrogen and oxygen atoms in total. The molecule has 0 saturated heterocycles. The molecule has 39 heavy (non-hydrogen) atoms. The van der Waals surface area contributed by atoms with Crippen LogP contribution >= 0.6 is 11.6 Å². The molecular weight excluding hydrogens is 525 g/mol. The monoisotopic (exact) mass is 552 g/mol. The van der Waals surface area contributed by atoms with Gasteiger partial charge < -0.3 is 9.57 Å². The summed E-state index contributed by atoms with van der Waals surface area (Å²) in [5.41, 5.74) is 1.58. The number of para-hydroxylation sites is 1. The van der Waals surface area contributed by atoms with Crippen molar-refractivity contribution in [3.63, 3.8) is 0 Å². The zero-order valence-corrected chi connectivity index (χ0v) is 22.3. The number of halogens is 4. The van der Waals surface area contributed by atoms with Crippen LogP contribution in [-0.2, 0) is 11.4 Å². The Hall–Kier alpha value is -3.76. The van der Waals surface area contributed by atoms with Crippen molar-refractivity contribution in [3.8, 4) is 17.6 Å². The summed E-state index contributed by atoms with van der Waals surface area (Å²) in [6.07, 6.45) is -3.39. The number of hydrogen-bond donors (Lipinski definition) is 0. The molecule has 0 aromatic heterocycles. The highest BCUT2D eigenvalue weighted by Crippen LogP contribution is 2.61. The van der Waals surface area contributed by atoms with E-state index in [4.69, 9.17) is 21.2 Å². The number of nitrogens with zero attached hydrogens (tertiary/aromatic N) is 2. The number of benzene rings is 3. The van der Waals surface area contributed by atoms with Gasteiger partial charge in [0.15, 0.2) is 0 Å². The van der Waals surface area contributed by atoms with E-state index in [-0.39, 0.29) is 18.9 Å². The Bertz CT molecular complexity index is 1370. The molecule has 202 valence electrons. The molecule has 1 aliphatic carbocycles. The van der Waals surface area contributed by atoms with Crippen molar-refractivity contribution in [3.05, 3.63) is 107 Å². The summed E-state index contributed by atoms with van der Waals surface area (Å²) in [6.45, 7) is 3.92. The van der Waals surface area contributed by atoms with Gasteiger partial charge in [0, 0.05) is 12.3 Å². The number of oxime groups is 1. The quantitative estimate of drug-likeness (QED) is 0.186. The Labute approximate surface area is 231 Å². The molecule has 4 rings (SSSR count). The fraction of sp³-hybridized carbons (Fsp3) is 0.290. The van der Waals surface area contributed by atoms with E-state index in [9.17, 15) is 18.4 Å². The molecule has 0 bridgehead atoms. The SMILES string of the molecule is CC1(C)C(C=C(Cl)C(F)(F)F)C1C(CC(C#N)c1cccc(Oc2ccccc2)c1)=NOCc1ccccc1. The lowest BCUT2D eigenvalue weighted by Gasteiger charge is -2.14. The van der Waals surface area contributed by atoms with E-state index in [0.29, 0.717) is 22.8 Å². The summed E-state index contributed by atoms with van der Waals surface area (Å²) in [5.74, 6) is -0.262. The third-order valence-corrected chi connectivity index (χ3v) is 7.27. The zero-order chi connectivity index (χ0) is 28.0. The second-order valence-corrected chi connectivity index (χ2v) is 10.5. The second-order valence-electron chi connectivity index (χ2n) is 10.1. The Kier molecular flexibility index (Phi) is 8.66. The molecule has 3 aromatic rings. The lowest BCUT2D eigenvalue weighted by Crippen LogP contribution is -2.13. The highest BCUT2D eigenvalue weighted by Gasteiger charge is 2.60. The summed E-state index contributed by atoms with van der Waals surface area (Å²) in [4.78, 5) is 5.66. The lowest BCUT2D eigenvalue weighted by atomic mass is 9.91. The lowest BCUT2D eigenvalue weighted by molar-refractivity contribution is -0.0848. The number of hydrogen-bond acceptors (Lipinski definition) is 4. The van der Waals surface area contributed by atoms with Crippen LogP contribution in [0.4, 0.5) is 13.2 Å². The van der Waals surface area contributed by atoms with Crippen LogP contribution in [0.5, 0.6) is 11.5 Å². The van der Waals surface area contributed by atoms with Crippen LogP contribution in [0.2, 0.25) is 0 Å². The number of rotatable bonds is 10. The Morgan fingerprint density at radius 3 is 2.31 bits per heavy atom. The third-order valence-electron chi connectivity index (χ3n) is 6.93. The average molecular weight is 553 g/mol. The number of alkyl halides is 3. The molecule has 0 aliphatic heterocycles. The maximum Gasteiger partial charge on any atom is 0.426 e. The van der Waals surface area contributed by atoms with E-state index in [2.05, 4.69) is 11.2 Å². The van der Waals surface area contributed by atoms with Gasteiger partial charge in [0.25, 0.3) is 0 Å². The first-order valence-corrected chi connectivity index (χ1v) is 12.9. The van der Waals surface area contributed by atoms with Gasteiger partial charge in [-0.2, -0.15) is 18.4 Å². The van der Waals surface area contributed by atoms with E-state index < -0.39 is 28.5 Å². The number of nitriles is 1. The van der Waals surface area contributed by atoms with Crippen LogP contribution in [0.15, 0.2) is 101 Å². The normalized spacial score (nSPS) is 19.6. The van der Waals surface area contributed by atoms with Crippen LogP contribution in [0.3, 0.4) is 0 Å². The molecule has 0 spiro atoms. The van der Waals surface area contributed by atoms with Crippen molar-refractivity contribution in [1.82, 2.24) is 0 Å². The van der Waals surface area contributed by atoms with Crippen LogP contribution in [0.25, 0.3) is 0 Å². The topological polar surface area (TPSA) is 54.6 Å². The van der Waals surface area contributed by atoms with E-state index in [0.717, 1.165) is 11.6 Å². The molecule has 8 heteroatoms. The molecule has 0 heterocycles. The highest BCUT2D eigenvalue weighted by molar-refractivity contribution is 6.30. The molecule has 1 saturated carbocycles. The molecule has 0 amide bonds. The maximum atomic E-state index is 13.2. The van der Waals surface area contributed by atoms with Crippen molar-refractivity contribution in [2.45, 2.75) is 39.0 Å². The first-order chi connectivity index (χ1) is 18.6. The van der Waals surface area contributed by atoms with Crippen molar-refractivity contribution in [2.24, 2.45) is 22.4 Å². The highest BCUT2D eigenvalue weighted by atomic mass is 35.5. The van der Waals surface area contributed by atoms with Gasteiger partial charge in [-0.1, -0.05) is 97.3 Å². The summed E-state index contributed by atoms with van der Waals surface area (Å²) in [5, 5.41) is 13.3. The minimum Gasteiger partial charge on any atom is -0.457 e. The second kappa shape index (κ2) is 12.0. The van der Waals surface area contributed by atoms with Crippen LogP contribution in [-0.4, -0.2) is 11.9 Å². The van der Waals surface area contributed by atoms with Gasteiger partial charge in [-0.3, -0.25) is 0 Å². The van der Waals surface area contributed by atoms with Crippen LogP contribution < -0.4 is 4.74 Å². The molecule has 1 fully saturated rings. The predicted molar refractivity (Wildman–Crippen MR) is 145 cm³/mol. The maximum absolute atomic E-state index is 13.2. The molecule has 0 radical (unpaired) electrons. The van der Waals surface area contributed by atoms with Crippen molar-refractivity contribution >= 4 is 17.3 Å². The average Bonchev–Trinajstić information content (AvgIpc) is 3.45. The molecular formula is C31H28ClF3N2O2. The molecule has 3 unspecified atom stereocenters. The molecule has 3 aromatic carbocycles. The largest absolute Gasteiger partial charge is 0.457 e. The van der Waals surface area contributed by atoms with Gasteiger partial charge in [0.05, 0.1) is 17.7 Å². The zero-order valence-electron chi connectivity index (χ0n) is 21.5. The Morgan fingerprint density at radius 2 is 1.67 bits per heavy atom. The van der Waals surface area contributed by atoms with Crippen molar-refractivity contribution in [2.75, 3.05) is 0 Å². The molecule has 1 aliphatic rings. The number of allylic oxidation sites excluding steroid dienone is 2. The predicted octanol–water partition coefficient (Wildman–Crippen LogP) is 9.01. The van der Waals surface area contributed by atoms with Gasteiger partial charge in [-0.25, -0.2) is 0 Å². The smallest absolute Gasteiger partial charge is 0.426 e. The van der Waals surface area contributed by atoms with Crippen molar-refractivity contribution in [1.29, 1.82) is 5.26 Å². The van der Waals surface area contributed by atoms with E-state index in [1.807, 2.05) is 80.6 Å². The van der Waals surface area contributed by atoms with Gasteiger partial charge >= 0.3 is 6.18 Å². The minimum absolute atomic E-state index is 0.183. The number of ether oxygens (including phenoxy) is 1. The van der Waals surface area contributed by atoms with Gasteiger partial charge in [-0.15, -0.1) is 0 Å². The third kappa shape index (κ3) is 7.21. The Balaban J connectivity index is 1.59. The fourth-order valence-corrected chi connectivity index (χ4v) is 4.86. The summed E-state index contributed by atoms with van der Waals surface area (Å²) < 4.78 is 45.5. The first kappa shape index (κ1) is 28.3. The summed E-state index contributed by atoms with van der Waals surface area (Å²) in [7, 11) is 0.